The van der Waals surface area contributed by atoms with Crippen molar-refractivity contribution < 1.29 is 44.3 Å². The highest BCUT2D eigenvalue weighted by molar-refractivity contribution is 7.91. The average molecular weight is 1190 g/mol. The third kappa shape index (κ3) is 14.8. The Morgan fingerprint density at radius 2 is 1.05 bits per heavy atom. The molecule has 2 unspecified atom stereocenters. The number of aryl methyl sites for hydroxylation is 4. The van der Waals surface area contributed by atoms with Crippen molar-refractivity contribution in [2.75, 3.05) is 76.6 Å². The van der Waals surface area contributed by atoms with E-state index in [4.69, 9.17) is 8.83 Å². The number of anilines is 2. The average Bonchev–Trinajstić information content (AvgIpc) is 4.28. The molecule has 22 nitrogen and oxygen atoms in total. The monoisotopic (exact) mass is 1180 g/mol. The number of unbranched alkanes of at least 4 members (excludes halogenated alkanes) is 1. The predicted molar refractivity (Wildman–Crippen MR) is 310 cm³/mol. The SMILES string of the molecule is CCN(CC)S(=O)(=O)c1sc(C)c(NC2=NS(=O)N=C2N[C@@H](c2cc(CCCCN3CCN(C)CC3)co2)C(C)C)c1O.CCc1coc([C@H](NC2=NS(=O)N=C2Nc2c(C)sc(S(=O)(=O)N(CC)CC)c2O)C(C)C)c1. The standard InChI is InChI=1S/C28H45N7O5S3.C21H31N5O5S3/c1-7-35(8-2)43(38,39)28-25(36)24(20(5)41-28)30-27-26(31-42(37)32-27)29-23(19(3)4)22-17-21(18-40-22)11-9-10-12-34-15-13-33(6)14-16-34;1-7-14-10-15(31-11-14)16(12(4)5)22-19-20(25-33(28)24-19)23-17-13(6)32-21(18(17)27)34(29,30)26(8-2)9-3/h17-19,23,36H,7-16H2,1-6H3,(H,29,31)(H,30,32);10-12,16,27H,7-9H2,1-6H3,(H,22,24)(H,23,25)/t23-,42?;16-,33?/m11/s1. The lowest BCUT2D eigenvalue weighted by atomic mass is 10.0. The molecule has 0 bridgehead atoms. The molecule has 77 heavy (non-hydrogen) atoms. The van der Waals surface area contributed by atoms with E-state index in [0.717, 1.165) is 98.0 Å². The van der Waals surface area contributed by atoms with E-state index in [2.05, 4.69) is 61.8 Å². The van der Waals surface area contributed by atoms with Gasteiger partial charge in [-0.25, -0.2) is 25.3 Å². The number of amidine groups is 4. The first-order valence-electron chi connectivity index (χ1n) is 25.9. The van der Waals surface area contributed by atoms with Gasteiger partial charge in [0.2, 0.25) is 0 Å². The summed E-state index contributed by atoms with van der Waals surface area (Å²) in [5.41, 5.74) is 2.58. The van der Waals surface area contributed by atoms with E-state index in [1.807, 2.05) is 40.7 Å². The highest BCUT2D eigenvalue weighted by atomic mass is 32.3. The van der Waals surface area contributed by atoms with E-state index in [1.165, 1.54) is 8.61 Å². The molecule has 3 aliphatic heterocycles. The normalized spacial score (nSPS) is 18.3. The van der Waals surface area contributed by atoms with Gasteiger partial charge in [-0.1, -0.05) is 62.3 Å². The van der Waals surface area contributed by atoms with Crippen LogP contribution in [0.15, 0.2) is 59.5 Å². The number of rotatable bonds is 22. The summed E-state index contributed by atoms with van der Waals surface area (Å²) in [4.78, 5) is 5.99. The molecule has 1 fully saturated rings. The van der Waals surface area contributed by atoms with Crippen LogP contribution in [0.2, 0.25) is 0 Å². The molecule has 3 aliphatic rings. The van der Waals surface area contributed by atoms with Crippen molar-refractivity contribution in [1.82, 2.24) is 29.0 Å². The van der Waals surface area contributed by atoms with Crippen LogP contribution in [-0.4, -0.2) is 143 Å². The van der Waals surface area contributed by atoms with E-state index >= 15 is 0 Å². The van der Waals surface area contributed by atoms with E-state index < -0.39 is 53.9 Å². The van der Waals surface area contributed by atoms with Gasteiger partial charge >= 0.3 is 0 Å². The second-order valence-electron chi connectivity index (χ2n) is 19.4. The van der Waals surface area contributed by atoms with E-state index in [-0.39, 0.29) is 93.2 Å². The molecule has 0 amide bonds. The highest BCUT2D eigenvalue weighted by Crippen LogP contribution is 2.44. The molecule has 4 aromatic rings. The second kappa shape index (κ2) is 27.1. The van der Waals surface area contributed by atoms with Crippen LogP contribution in [0.3, 0.4) is 0 Å². The summed E-state index contributed by atoms with van der Waals surface area (Å²) in [5, 5.41) is 34.3. The largest absolute Gasteiger partial charge is 0.504 e. The number of piperazine rings is 1. The zero-order valence-corrected chi connectivity index (χ0v) is 50.9. The maximum Gasteiger partial charge on any atom is 0.269 e. The van der Waals surface area contributed by atoms with E-state index in [0.29, 0.717) is 15.5 Å². The first-order valence-corrected chi connectivity index (χ1v) is 32.6. The first kappa shape index (κ1) is 61.7. The van der Waals surface area contributed by atoms with Crippen LogP contribution in [0.1, 0.15) is 120 Å². The Kier molecular flexibility index (Phi) is 21.7. The number of furan rings is 2. The minimum Gasteiger partial charge on any atom is -0.504 e. The van der Waals surface area contributed by atoms with Gasteiger partial charge in [-0.3, -0.25) is 0 Å². The number of aromatic hydroxyl groups is 2. The number of hydrogen-bond donors (Lipinski definition) is 6. The number of hydrogen-bond acceptors (Lipinski definition) is 18. The van der Waals surface area contributed by atoms with Gasteiger partial charge in [0.15, 0.2) is 43.3 Å². The minimum atomic E-state index is -3.87. The van der Waals surface area contributed by atoms with Crippen LogP contribution >= 0.6 is 22.7 Å². The smallest absolute Gasteiger partial charge is 0.269 e. The molecule has 4 aromatic heterocycles. The Morgan fingerprint density at radius 1 is 0.649 bits per heavy atom. The van der Waals surface area contributed by atoms with Crippen LogP contribution < -0.4 is 21.3 Å². The summed E-state index contributed by atoms with van der Waals surface area (Å²) < 4.78 is 107. The van der Waals surface area contributed by atoms with Crippen molar-refractivity contribution in [3.8, 4) is 11.5 Å². The summed E-state index contributed by atoms with van der Waals surface area (Å²) in [5.74, 6) is 1.67. The van der Waals surface area contributed by atoms with Crippen molar-refractivity contribution in [3.05, 3.63) is 57.1 Å². The first-order chi connectivity index (χ1) is 36.5. The molecule has 6 N–H and O–H groups in total. The van der Waals surface area contributed by atoms with Gasteiger partial charge < -0.3 is 50.1 Å². The van der Waals surface area contributed by atoms with E-state index in [1.54, 1.807) is 54.1 Å². The number of thiophene rings is 2. The fraction of sp³-hybridized carbons (Fsp3) is 0.592. The minimum absolute atomic E-state index is 0.0938. The maximum absolute atomic E-state index is 13.1. The Morgan fingerprint density at radius 3 is 1.44 bits per heavy atom. The third-order valence-electron chi connectivity index (χ3n) is 13.3. The second-order valence-corrected chi connectivity index (χ2v) is 27.8. The number of sulfonamides is 2. The molecular weight excluding hydrogens is 1110 g/mol. The number of likely N-dealkylation sites (N-methyl/N-ethyl adjacent to an activating group) is 1. The molecule has 0 spiro atoms. The predicted octanol–water partition coefficient (Wildman–Crippen LogP) is 7.48. The molecule has 28 heteroatoms. The van der Waals surface area contributed by atoms with Crippen molar-refractivity contribution in [1.29, 1.82) is 0 Å². The molecule has 0 aliphatic carbocycles. The summed E-state index contributed by atoms with van der Waals surface area (Å²) in [6.45, 7) is 27.3. The topological polar surface area (TPSA) is 280 Å². The molecule has 1 saturated heterocycles. The summed E-state index contributed by atoms with van der Waals surface area (Å²) in [7, 11) is -5.56. The summed E-state index contributed by atoms with van der Waals surface area (Å²) in [6.07, 6.45) is 7.48. The highest BCUT2D eigenvalue weighted by Gasteiger charge is 2.35. The Hall–Kier alpha value is -4.52. The van der Waals surface area contributed by atoms with Gasteiger partial charge in [0.1, 0.15) is 11.5 Å². The van der Waals surface area contributed by atoms with Crippen LogP contribution in [0, 0.1) is 25.7 Å². The zero-order chi connectivity index (χ0) is 56.5. The number of nitrogens with zero attached hydrogens (tertiary/aromatic N) is 8. The lowest BCUT2D eigenvalue weighted by Gasteiger charge is -2.32. The fourth-order valence-electron chi connectivity index (χ4n) is 8.73. The van der Waals surface area contributed by atoms with Gasteiger partial charge in [-0.05, 0) is 88.2 Å². The molecule has 7 heterocycles. The quantitative estimate of drug-likeness (QED) is 0.0416. The zero-order valence-electron chi connectivity index (χ0n) is 46.0. The lowest BCUT2D eigenvalue weighted by Crippen LogP contribution is -2.44. The molecule has 0 saturated carbocycles. The molecular formula is C49H76N12O10S6. The van der Waals surface area contributed by atoms with Crippen molar-refractivity contribution >= 4 is 99.8 Å². The molecule has 0 radical (unpaired) electrons. The van der Waals surface area contributed by atoms with Crippen LogP contribution in [0.4, 0.5) is 11.4 Å². The Bertz CT molecular complexity index is 3070. The van der Waals surface area contributed by atoms with Gasteiger partial charge in [0.05, 0.1) is 36.0 Å². The molecule has 4 atom stereocenters. The van der Waals surface area contributed by atoms with Crippen LogP contribution in [-0.2, 0) is 55.2 Å². The van der Waals surface area contributed by atoms with Gasteiger partial charge in [-0.2, -0.15) is 8.61 Å². The summed E-state index contributed by atoms with van der Waals surface area (Å²) in [6, 6.07) is 3.48. The molecule has 0 aromatic carbocycles. The lowest BCUT2D eigenvalue weighted by molar-refractivity contribution is 0.152. The third-order valence-corrected chi connectivity index (χ3v) is 21.9. The van der Waals surface area contributed by atoms with Crippen molar-refractivity contribution in [2.45, 2.75) is 122 Å². The van der Waals surface area contributed by atoms with Gasteiger partial charge in [-0.15, -0.1) is 40.3 Å². The fourth-order valence-corrected chi connectivity index (χ4v) is 16.2. The van der Waals surface area contributed by atoms with Gasteiger partial charge in [0.25, 0.3) is 42.4 Å². The van der Waals surface area contributed by atoms with Crippen LogP contribution in [0.5, 0.6) is 11.5 Å². The van der Waals surface area contributed by atoms with E-state index in [9.17, 15) is 35.5 Å². The Labute approximate surface area is 467 Å². The Balaban J connectivity index is 0.000000257. The maximum atomic E-state index is 13.1. The van der Waals surface area contributed by atoms with Crippen molar-refractivity contribution in [2.24, 2.45) is 29.4 Å². The molecule has 7 rings (SSSR count). The van der Waals surface area contributed by atoms with Crippen LogP contribution in [0.25, 0.3) is 0 Å². The molecule has 428 valence electrons. The van der Waals surface area contributed by atoms with Crippen molar-refractivity contribution in [3.63, 3.8) is 0 Å². The summed E-state index contributed by atoms with van der Waals surface area (Å²) >= 11 is -1.79. The number of nitrogens with one attached hydrogen (secondary N) is 4. The van der Waals surface area contributed by atoms with Gasteiger partial charge in [0, 0.05) is 62.1 Å².